The van der Waals surface area contributed by atoms with Crippen molar-refractivity contribution in [2.24, 2.45) is 0 Å². The summed E-state index contributed by atoms with van der Waals surface area (Å²) in [4.78, 5) is 5.53. The molecule has 4 heterocycles. The van der Waals surface area contributed by atoms with Gasteiger partial charge in [0.05, 0.1) is 16.4 Å². The predicted octanol–water partition coefficient (Wildman–Crippen LogP) is 27.1. The van der Waals surface area contributed by atoms with Crippen LogP contribution in [0, 0.1) is 0 Å². The Hall–Kier alpha value is -13.2. The van der Waals surface area contributed by atoms with Crippen LogP contribution in [0.2, 0.25) is 0 Å². The van der Waals surface area contributed by atoms with Gasteiger partial charge in [-0.2, -0.15) is 0 Å². The first kappa shape index (κ1) is 70.4. The molecule has 562 valence electrons. The van der Waals surface area contributed by atoms with Crippen LogP contribution < -0.4 is 26.2 Å². The van der Waals surface area contributed by atoms with Crippen LogP contribution in [0.25, 0.3) is 127 Å². The summed E-state index contributed by atoms with van der Waals surface area (Å²) in [6.07, 6.45) is 0.738. The highest BCUT2D eigenvalue weighted by Crippen LogP contribution is 2.64. The fourth-order valence-corrected chi connectivity index (χ4v) is 20.6. The molecule has 0 atom stereocenters. The van der Waals surface area contributed by atoms with Crippen LogP contribution in [0.3, 0.4) is 0 Å². The van der Waals surface area contributed by atoms with E-state index in [4.69, 9.17) is 4.42 Å². The van der Waals surface area contributed by atoms with E-state index in [1.165, 1.54) is 178 Å². The number of benzene rings is 16. The highest BCUT2D eigenvalue weighted by molar-refractivity contribution is 7.00. The van der Waals surface area contributed by atoms with Crippen LogP contribution in [0.15, 0.2) is 350 Å². The molecule has 2 aromatic heterocycles. The Morgan fingerprint density at radius 2 is 0.769 bits per heavy atom. The van der Waals surface area contributed by atoms with Crippen molar-refractivity contribution >= 4 is 89.6 Å². The highest BCUT2D eigenvalue weighted by atomic mass is 16.3. The Morgan fingerprint density at radius 1 is 0.299 bits per heavy atom. The molecule has 22 rings (SSSR count). The molecule has 0 fully saturated rings. The third-order valence-electron chi connectivity index (χ3n) is 26.4. The summed E-state index contributed by atoms with van der Waals surface area (Å²) in [5, 5.41) is 4.70. The Balaban J connectivity index is 0.833. The highest BCUT2D eigenvalue weighted by Gasteiger charge is 2.52. The van der Waals surface area contributed by atoms with Gasteiger partial charge in [0, 0.05) is 68.6 Å². The van der Waals surface area contributed by atoms with Gasteiger partial charge >= 0.3 is 0 Å². The normalized spacial score (nSPS) is 13.6. The summed E-state index contributed by atoms with van der Waals surface area (Å²) >= 11 is 0. The number of furan rings is 1. The van der Waals surface area contributed by atoms with Gasteiger partial charge in [0.15, 0.2) is 0 Å². The van der Waals surface area contributed by atoms with E-state index in [-0.39, 0.29) is 23.0 Å². The number of rotatable bonds is 11. The Kier molecular flexibility index (Phi) is 15.9. The molecule has 4 nitrogen and oxygen atoms in total. The van der Waals surface area contributed by atoms with E-state index in [1.807, 2.05) is 0 Å². The van der Waals surface area contributed by atoms with E-state index in [1.54, 1.807) is 0 Å². The SMILES string of the molecule is CC(C)(C)c1cc(-c2ccccc2)c(CCN2c3cc(-n4c5ccccc5c5cc6c(cc54)C4(c5ccccc5-c5ccccc54)c4ccccc4-6)ccc3B3c4cc(-c5cccc6c5oc5ccccc56)ccc4N(Cc4c(-c5ccccc5)cc(C(C)(C)C)cc4-c4ccccc4)c4cc(C(C)(C)C)cc2c43)c(-c2ccccc2)c1. The van der Waals surface area contributed by atoms with Crippen LogP contribution in [0.4, 0.5) is 22.7 Å². The standard InChI is InChI=1S/C112H90BN3O/c1-109(2,3)75-60-87(70-33-14-10-15-34-70)80(88(61-75)71-35-16-11-17-36-71)57-58-114-103-66-78(116-100-51-30-25-44-84(100)92-67-91-83-43-24-29-50-96(83)112(97(91)68-102(92)116)94-48-27-22-41-81(94)82-42-23-28-49-95(82)112)54-55-98(103)113-99-59-74(79-46-32-47-86-85-45-26-31-52-106(85)117-108(79)86)53-56-101(99)115(105-65-77(111(7,8)9)64-104(114)107(105)113)69-93-89(72-37-18-12-19-38-72)62-76(110(4,5)6)63-90(93)73-39-20-13-21-40-73/h10-56,59-68H,57-58,69H2,1-9H3. The first-order valence-corrected chi connectivity index (χ1v) is 41.8. The molecule has 117 heavy (non-hydrogen) atoms. The lowest BCUT2D eigenvalue weighted by atomic mass is 9.33. The van der Waals surface area contributed by atoms with E-state index in [0.29, 0.717) is 13.1 Å². The molecule has 2 aliphatic carbocycles. The Labute approximate surface area is 686 Å². The van der Waals surface area contributed by atoms with Gasteiger partial charge < -0.3 is 18.8 Å². The van der Waals surface area contributed by atoms with Gasteiger partial charge in [-0.25, -0.2) is 0 Å². The zero-order chi connectivity index (χ0) is 79.0. The van der Waals surface area contributed by atoms with Crippen molar-refractivity contribution in [2.45, 2.75) is 96.9 Å². The van der Waals surface area contributed by atoms with Crippen LogP contribution in [0.1, 0.15) is 112 Å². The van der Waals surface area contributed by atoms with Gasteiger partial charge in [-0.15, -0.1) is 0 Å². The minimum absolute atomic E-state index is 0.127. The second-order valence-electron chi connectivity index (χ2n) is 36.1. The molecule has 0 saturated carbocycles. The minimum Gasteiger partial charge on any atom is -0.455 e. The minimum atomic E-state index is -0.533. The van der Waals surface area contributed by atoms with Crippen LogP contribution in [-0.4, -0.2) is 17.8 Å². The first-order valence-electron chi connectivity index (χ1n) is 41.8. The summed E-state index contributed by atoms with van der Waals surface area (Å²) in [5.74, 6) is 0. The smallest absolute Gasteiger partial charge is 0.252 e. The molecule has 2 aliphatic heterocycles. The van der Waals surface area contributed by atoms with E-state index in [0.717, 1.165) is 45.2 Å². The molecule has 4 aliphatic rings. The van der Waals surface area contributed by atoms with Gasteiger partial charge in [0.1, 0.15) is 11.2 Å². The van der Waals surface area contributed by atoms with Crippen molar-refractivity contribution < 1.29 is 4.42 Å². The number of aromatic nitrogens is 1. The summed E-state index contributed by atoms with van der Waals surface area (Å²) in [5.41, 5.74) is 42.0. The second-order valence-corrected chi connectivity index (χ2v) is 36.1. The zero-order valence-corrected chi connectivity index (χ0v) is 67.9. The van der Waals surface area contributed by atoms with Crippen molar-refractivity contribution in [2.75, 3.05) is 16.3 Å². The Bertz CT molecular complexity index is 6940. The zero-order valence-electron chi connectivity index (χ0n) is 67.9. The fourth-order valence-electron chi connectivity index (χ4n) is 20.6. The lowest BCUT2D eigenvalue weighted by Crippen LogP contribution is -2.62. The number of hydrogen-bond donors (Lipinski definition) is 0. The van der Waals surface area contributed by atoms with E-state index in [9.17, 15) is 0 Å². The number of para-hydroxylation sites is 3. The van der Waals surface area contributed by atoms with Gasteiger partial charge in [0.2, 0.25) is 0 Å². The van der Waals surface area contributed by atoms with E-state index < -0.39 is 5.41 Å². The molecule has 0 unspecified atom stereocenters. The van der Waals surface area contributed by atoms with Crippen molar-refractivity contribution in [1.29, 1.82) is 0 Å². The summed E-state index contributed by atoms with van der Waals surface area (Å²) < 4.78 is 9.65. The van der Waals surface area contributed by atoms with Crippen LogP contribution in [-0.2, 0) is 34.6 Å². The van der Waals surface area contributed by atoms with Crippen LogP contribution in [0.5, 0.6) is 0 Å². The average molecular weight is 1500 g/mol. The maximum absolute atomic E-state index is 7.03. The monoisotopic (exact) mass is 1500 g/mol. The van der Waals surface area contributed by atoms with E-state index in [2.05, 4.69) is 422 Å². The van der Waals surface area contributed by atoms with Crippen molar-refractivity contribution in [3.63, 3.8) is 0 Å². The molecule has 0 bridgehead atoms. The second kappa shape index (κ2) is 26.4. The first-order chi connectivity index (χ1) is 56.9. The molecule has 5 heteroatoms. The molecule has 1 spiro atoms. The lowest BCUT2D eigenvalue weighted by molar-refractivity contribution is 0.589. The number of hydrogen-bond acceptors (Lipinski definition) is 3. The van der Waals surface area contributed by atoms with Gasteiger partial charge in [-0.3, -0.25) is 0 Å². The number of fused-ring (bicyclic) bond motifs is 20. The number of anilines is 4. The van der Waals surface area contributed by atoms with Gasteiger partial charge in [-0.1, -0.05) is 353 Å². The van der Waals surface area contributed by atoms with Crippen LogP contribution >= 0.6 is 0 Å². The largest absolute Gasteiger partial charge is 0.455 e. The van der Waals surface area contributed by atoms with Crippen molar-refractivity contribution in [1.82, 2.24) is 4.57 Å². The molecule has 18 aromatic rings. The molecular formula is C112H90BN3O. The quantitative estimate of drug-likeness (QED) is 0.121. The maximum atomic E-state index is 7.03. The van der Waals surface area contributed by atoms with Crippen molar-refractivity contribution in [3.8, 4) is 83.6 Å². The molecule has 0 saturated heterocycles. The lowest BCUT2D eigenvalue weighted by Gasteiger charge is -2.45. The summed E-state index contributed by atoms with van der Waals surface area (Å²) in [6, 6.07) is 132. The van der Waals surface area contributed by atoms with Crippen molar-refractivity contribution in [3.05, 3.63) is 396 Å². The fraction of sp³-hybridized carbons (Fsp3) is 0.143. The third kappa shape index (κ3) is 10.9. The molecule has 0 radical (unpaired) electrons. The molecule has 16 aromatic carbocycles. The summed E-state index contributed by atoms with van der Waals surface area (Å²) in [6.45, 7) is 22.4. The van der Waals surface area contributed by atoms with Gasteiger partial charge in [0.25, 0.3) is 6.71 Å². The molecule has 0 amide bonds. The Morgan fingerprint density at radius 3 is 1.33 bits per heavy atom. The molecular weight excluding hydrogens is 1410 g/mol. The predicted molar refractivity (Wildman–Crippen MR) is 495 cm³/mol. The average Bonchev–Trinajstić information content (AvgIpc) is 1.54. The maximum Gasteiger partial charge on any atom is 0.252 e. The topological polar surface area (TPSA) is 24.6 Å². The third-order valence-corrected chi connectivity index (χ3v) is 26.4. The van der Waals surface area contributed by atoms with Gasteiger partial charge in [-0.05, 0) is 216 Å². The summed E-state index contributed by atoms with van der Waals surface area (Å²) in [7, 11) is 0. The van der Waals surface area contributed by atoms with E-state index >= 15 is 0 Å². The number of nitrogens with zero attached hydrogens (tertiary/aromatic N) is 3. The molecule has 0 N–H and O–H groups in total.